The number of halogens is 1. The van der Waals surface area contributed by atoms with Gasteiger partial charge < -0.3 is 5.32 Å². The van der Waals surface area contributed by atoms with E-state index >= 15 is 0 Å². The Kier molecular flexibility index (Phi) is 6.20. The summed E-state index contributed by atoms with van der Waals surface area (Å²) in [7, 11) is 0. The molecule has 0 aromatic heterocycles. The molecule has 1 nitrogen and oxygen atoms in total. The summed E-state index contributed by atoms with van der Waals surface area (Å²) in [4.78, 5) is 0. The van der Waals surface area contributed by atoms with E-state index in [1.54, 1.807) is 0 Å². The first-order valence-corrected chi connectivity index (χ1v) is 7.32. The van der Waals surface area contributed by atoms with Gasteiger partial charge in [-0.2, -0.15) is 0 Å². The lowest BCUT2D eigenvalue weighted by atomic mass is 10.0. The van der Waals surface area contributed by atoms with E-state index in [2.05, 4.69) is 84.2 Å². The summed E-state index contributed by atoms with van der Waals surface area (Å²) in [5.41, 5.74) is 2.59. The Labute approximate surface area is 138 Å². The third kappa shape index (κ3) is 4.20. The maximum Gasteiger partial charge on any atom is 0.0214 e. The molecule has 3 rings (SSSR count). The van der Waals surface area contributed by atoms with Gasteiger partial charge in [-0.3, -0.25) is 0 Å². The molecule has 0 heterocycles. The first kappa shape index (κ1) is 16.3. The molecular weight excluding hydrogens is 290 g/mol. The maximum atomic E-state index is 3.48. The van der Waals surface area contributed by atoms with Crippen molar-refractivity contribution in [1.29, 1.82) is 0 Å². The molecule has 2 heteroatoms. The number of rotatable bonds is 5. The molecule has 0 fully saturated rings. The quantitative estimate of drug-likeness (QED) is 0.649. The van der Waals surface area contributed by atoms with Gasteiger partial charge in [-0.05, 0) is 21.9 Å². The normalized spacial score (nSPS) is 10.7. The summed E-state index contributed by atoms with van der Waals surface area (Å²) < 4.78 is 0. The SMILES string of the molecule is C(=C\c1ccccc1)/CNCc1cccc2ccccc12.Cl. The maximum absolute atomic E-state index is 3.48. The zero-order valence-electron chi connectivity index (χ0n) is 12.4. The number of hydrogen-bond donors (Lipinski definition) is 1. The molecule has 0 aliphatic heterocycles. The van der Waals surface area contributed by atoms with Crippen LogP contribution in [-0.4, -0.2) is 6.54 Å². The van der Waals surface area contributed by atoms with E-state index in [0.717, 1.165) is 13.1 Å². The van der Waals surface area contributed by atoms with Gasteiger partial charge in [0.05, 0.1) is 0 Å². The lowest BCUT2D eigenvalue weighted by Gasteiger charge is -2.06. The minimum absolute atomic E-state index is 0. The van der Waals surface area contributed by atoms with Crippen LogP contribution in [0.15, 0.2) is 78.9 Å². The van der Waals surface area contributed by atoms with Crippen LogP contribution in [0.1, 0.15) is 11.1 Å². The van der Waals surface area contributed by atoms with E-state index in [0.29, 0.717) is 0 Å². The van der Waals surface area contributed by atoms with Crippen LogP contribution >= 0.6 is 12.4 Å². The van der Waals surface area contributed by atoms with Crippen molar-refractivity contribution in [1.82, 2.24) is 5.32 Å². The summed E-state index contributed by atoms with van der Waals surface area (Å²) in [6.45, 7) is 1.76. The molecule has 1 N–H and O–H groups in total. The van der Waals surface area contributed by atoms with E-state index in [-0.39, 0.29) is 12.4 Å². The molecule has 112 valence electrons. The lowest BCUT2D eigenvalue weighted by Crippen LogP contribution is -2.12. The van der Waals surface area contributed by atoms with Crippen molar-refractivity contribution in [3.8, 4) is 0 Å². The highest BCUT2D eigenvalue weighted by molar-refractivity contribution is 5.85. The first-order valence-electron chi connectivity index (χ1n) is 7.32. The van der Waals surface area contributed by atoms with Crippen LogP contribution in [0.4, 0.5) is 0 Å². The average Bonchev–Trinajstić information content (AvgIpc) is 2.56. The molecule has 0 saturated heterocycles. The van der Waals surface area contributed by atoms with Crippen molar-refractivity contribution in [2.75, 3.05) is 6.54 Å². The molecule has 0 saturated carbocycles. The van der Waals surface area contributed by atoms with Crippen molar-refractivity contribution >= 4 is 29.3 Å². The topological polar surface area (TPSA) is 12.0 Å². The molecule has 0 radical (unpaired) electrons. The van der Waals surface area contributed by atoms with Crippen molar-refractivity contribution in [2.24, 2.45) is 0 Å². The predicted molar refractivity (Wildman–Crippen MR) is 98.4 cm³/mol. The van der Waals surface area contributed by atoms with Gasteiger partial charge in [-0.25, -0.2) is 0 Å². The van der Waals surface area contributed by atoms with Gasteiger partial charge in [-0.1, -0.05) is 84.9 Å². The Morgan fingerprint density at radius 1 is 0.773 bits per heavy atom. The van der Waals surface area contributed by atoms with Gasteiger partial charge in [0.25, 0.3) is 0 Å². The highest BCUT2D eigenvalue weighted by atomic mass is 35.5. The van der Waals surface area contributed by atoms with Gasteiger partial charge >= 0.3 is 0 Å². The minimum atomic E-state index is 0. The Balaban J connectivity index is 0.00000176. The minimum Gasteiger partial charge on any atom is -0.309 e. The standard InChI is InChI=1S/C20H19N.ClH/c1-2-8-17(9-3-1)10-7-15-21-16-19-13-6-12-18-11-4-5-14-20(18)19;/h1-14,21H,15-16H2;1H/b10-7+;. The van der Waals surface area contributed by atoms with Crippen molar-refractivity contribution in [3.63, 3.8) is 0 Å². The second-order valence-corrected chi connectivity index (χ2v) is 5.08. The van der Waals surface area contributed by atoms with Crippen LogP contribution in [-0.2, 0) is 6.54 Å². The van der Waals surface area contributed by atoms with E-state index < -0.39 is 0 Å². The van der Waals surface area contributed by atoms with Gasteiger partial charge in [0.15, 0.2) is 0 Å². The fourth-order valence-electron chi connectivity index (χ4n) is 2.50. The molecular formula is C20H20ClN. The summed E-state index contributed by atoms with van der Waals surface area (Å²) in [5.74, 6) is 0. The van der Waals surface area contributed by atoms with Crippen molar-refractivity contribution in [3.05, 3.63) is 90.0 Å². The Bertz CT molecular complexity index is 730. The summed E-state index contributed by atoms with van der Waals surface area (Å²) in [5, 5.41) is 6.11. The number of fused-ring (bicyclic) bond motifs is 1. The third-order valence-electron chi connectivity index (χ3n) is 3.57. The highest BCUT2D eigenvalue weighted by Gasteiger charge is 1.98. The van der Waals surface area contributed by atoms with Crippen molar-refractivity contribution in [2.45, 2.75) is 6.54 Å². The zero-order valence-corrected chi connectivity index (χ0v) is 13.2. The smallest absolute Gasteiger partial charge is 0.0214 e. The largest absolute Gasteiger partial charge is 0.309 e. The summed E-state index contributed by atoms with van der Waals surface area (Å²) in [6, 6.07) is 25.4. The molecule has 0 unspecified atom stereocenters. The molecule has 0 spiro atoms. The molecule has 22 heavy (non-hydrogen) atoms. The summed E-state index contributed by atoms with van der Waals surface area (Å²) in [6.07, 6.45) is 4.32. The zero-order chi connectivity index (χ0) is 14.3. The van der Waals surface area contributed by atoms with E-state index in [1.807, 2.05) is 6.07 Å². The van der Waals surface area contributed by atoms with Crippen LogP contribution in [0.3, 0.4) is 0 Å². The molecule has 0 amide bonds. The fraction of sp³-hybridized carbons (Fsp3) is 0.100. The van der Waals surface area contributed by atoms with Gasteiger partial charge in [0, 0.05) is 13.1 Å². The van der Waals surface area contributed by atoms with Gasteiger partial charge in [-0.15, -0.1) is 12.4 Å². The lowest BCUT2D eigenvalue weighted by molar-refractivity contribution is 0.765. The first-order chi connectivity index (χ1) is 10.4. The second-order valence-electron chi connectivity index (χ2n) is 5.08. The van der Waals surface area contributed by atoms with Crippen molar-refractivity contribution < 1.29 is 0 Å². The van der Waals surface area contributed by atoms with Crippen LogP contribution in [0.25, 0.3) is 16.8 Å². The molecule has 3 aromatic carbocycles. The van der Waals surface area contributed by atoms with E-state index in [4.69, 9.17) is 0 Å². The van der Waals surface area contributed by atoms with Crippen LogP contribution in [0, 0.1) is 0 Å². The Morgan fingerprint density at radius 3 is 2.36 bits per heavy atom. The van der Waals surface area contributed by atoms with Crippen LogP contribution in [0.2, 0.25) is 0 Å². The highest BCUT2D eigenvalue weighted by Crippen LogP contribution is 2.18. The van der Waals surface area contributed by atoms with E-state index in [9.17, 15) is 0 Å². The predicted octanol–water partition coefficient (Wildman–Crippen LogP) is 5.06. The van der Waals surface area contributed by atoms with E-state index in [1.165, 1.54) is 21.9 Å². The number of benzene rings is 3. The summed E-state index contributed by atoms with van der Waals surface area (Å²) >= 11 is 0. The molecule has 0 bridgehead atoms. The molecule has 0 atom stereocenters. The van der Waals surface area contributed by atoms with Crippen LogP contribution in [0.5, 0.6) is 0 Å². The number of nitrogens with one attached hydrogen (secondary N) is 1. The molecule has 0 aliphatic rings. The molecule has 0 aliphatic carbocycles. The van der Waals surface area contributed by atoms with Gasteiger partial charge in [0.1, 0.15) is 0 Å². The Morgan fingerprint density at radius 2 is 1.50 bits per heavy atom. The Hall–Kier alpha value is -2.09. The van der Waals surface area contributed by atoms with Gasteiger partial charge in [0.2, 0.25) is 0 Å². The average molecular weight is 310 g/mol. The fourth-order valence-corrected chi connectivity index (χ4v) is 2.50. The van der Waals surface area contributed by atoms with Crippen LogP contribution < -0.4 is 5.32 Å². The second kappa shape index (κ2) is 8.38. The molecule has 3 aromatic rings. The third-order valence-corrected chi connectivity index (χ3v) is 3.57. The number of hydrogen-bond acceptors (Lipinski definition) is 1. The monoisotopic (exact) mass is 309 g/mol.